The van der Waals surface area contributed by atoms with Crippen molar-refractivity contribution in [3.8, 4) is 5.75 Å². The number of amides is 1. The third-order valence-electron chi connectivity index (χ3n) is 3.62. The lowest BCUT2D eigenvalue weighted by Gasteiger charge is -2.10. The number of esters is 1. The maximum absolute atomic E-state index is 11.9. The minimum Gasteiger partial charge on any atom is -0.496 e. The molecule has 2 aromatic rings. The summed E-state index contributed by atoms with van der Waals surface area (Å²) >= 11 is 3.37. The van der Waals surface area contributed by atoms with Gasteiger partial charge >= 0.3 is 5.97 Å². The van der Waals surface area contributed by atoms with Crippen molar-refractivity contribution < 1.29 is 19.1 Å². The van der Waals surface area contributed by atoms with Gasteiger partial charge in [0.15, 0.2) is 6.61 Å². The summed E-state index contributed by atoms with van der Waals surface area (Å²) in [5, 5.41) is 2.73. The topological polar surface area (TPSA) is 64.6 Å². The average molecular weight is 406 g/mol. The minimum absolute atomic E-state index is 0.185. The fraction of sp³-hybridized carbons (Fsp3) is 0.263. The van der Waals surface area contributed by atoms with Gasteiger partial charge in [-0.15, -0.1) is 0 Å². The molecule has 25 heavy (non-hydrogen) atoms. The van der Waals surface area contributed by atoms with E-state index in [0.717, 1.165) is 21.3 Å². The molecule has 132 valence electrons. The molecule has 2 aromatic carbocycles. The lowest BCUT2D eigenvalue weighted by Crippen LogP contribution is -2.21. The number of methoxy groups -OCH3 is 1. The second-order valence-corrected chi connectivity index (χ2v) is 6.40. The second-order valence-electron chi connectivity index (χ2n) is 5.48. The summed E-state index contributed by atoms with van der Waals surface area (Å²) in [5.41, 5.74) is 2.54. The third-order valence-corrected chi connectivity index (χ3v) is 4.11. The maximum Gasteiger partial charge on any atom is 0.306 e. The first kappa shape index (κ1) is 19.0. The van der Waals surface area contributed by atoms with Crippen LogP contribution in [-0.4, -0.2) is 25.6 Å². The molecule has 1 amide bonds. The number of ether oxygens (including phenoxy) is 2. The molecule has 0 heterocycles. The molecule has 0 spiro atoms. The normalized spacial score (nSPS) is 10.2. The molecular formula is C19H20BrNO4. The zero-order chi connectivity index (χ0) is 18.2. The molecule has 0 saturated carbocycles. The highest BCUT2D eigenvalue weighted by Crippen LogP contribution is 2.20. The molecule has 0 aliphatic rings. The van der Waals surface area contributed by atoms with Crippen molar-refractivity contribution in [1.82, 2.24) is 0 Å². The van der Waals surface area contributed by atoms with E-state index in [9.17, 15) is 9.59 Å². The fourth-order valence-corrected chi connectivity index (χ4v) is 2.79. The van der Waals surface area contributed by atoms with Crippen molar-refractivity contribution in [2.75, 3.05) is 19.0 Å². The first-order valence-electron chi connectivity index (χ1n) is 7.83. The molecule has 2 rings (SSSR count). The van der Waals surface area contributed by atoms with Crippen LogP contribution in [0.1, 0.15) is 17.5 Å². The van der Waals surface area contributed by atoms with Crippen LogP contribution in [0.2, 0.25) is 0 Å². The molecule has 6 heteroatoms. The van der Waals surface area contributed by atoms with Gasteiger partial charge in [-0.05, 0) is 48.7 Å². The number of carbonyl (C=O) groups excluding carboxylic acids is 2. The van der Waals surface area contributed by atoms with Crippen molar-refractivity contribution >= 4 is 33.5 Å². The van der Waals surface area contributed by atoms with Crippen molar-refractivity contribution in [2.24, 2.45) is 0 Å². The van der Waals surface area contributed by atoms with Gasteiger partial charge in [-0.2, -0.15) is 0 Å². The van der Waals surface area contributed by atoms with Crippen molar-refractivity contribution in [2.45, 2.75) is 19.8 Å². The van der Waals surface area contributed by atoms with Crippen LogP contribution in [0.3, 0.4) is 0 Å². The zero-order valence-corrected chi connectivity index (χ0v) is 15.8. The minimum atomic E-state index is -0.423. The summed E-state index contributed by atoms with van der Waals surface area (Å²) in [6, 6.07) is 13.0. The molecule has 0 atom stereocenters. The molecule has 0 aromatic heterocycles. The summed E-state index contributed by atoms with van der Waals surface area (Å²) < 4.78 is 11.2. The van der Waals surface area contributed by atoms with Crippen LogP contribution in [0.5, 0.6) is 5.75 Å². The van der Waals surface area contributed by atoms with Crippen molar-refractivity contribution in [3.63, 3.8) is 0 Å². The molecular weight excluding hydrogens is 386 g/mol. The SMILES string of the molecule is COc1ccccc1CCC(=O)OCC(=O)Nc1ccc(Br)cc1C. The van der Waals surface area contributed by atoms with Crippen LogP contribution in [0.25, 0.3) is 0 Å². The summed E-state index contributed by atoms with van der Waals surface area (Å²) in [4.78, 5) is 23.7. The zero-order valence-electron chi connectivity index (χ0n) is 14.2. The Morgan fingerprint density at radius 1 is 1.16 bits per heavy atom. The molecule has 1 N–H and O–H groups in total. The standard InChI is InChI=1S/C19H20BrNO4/c1-13-11-15(20)8-9-16(13)21-18(22)12-25-19(23)10-7-14-5-3-4-6-17(14)24-2/h3-6,8-9,11H,7,10,12H2,1-2H3,(H,21,22). The average Bonchev–Trinajstić information content (AvgIpc) is 2.60. The van der Waals surface area contributed by atoms with Gasteiger partial charge in [0, 0.05) is 16.6 Å². The first-order chi connectivity index (χ1) is 12.0. The molecule has 0 saturated heterocycles. The van der Waals surface area contributed by atoms with Gasteiger partial charge in [-0.1, -0.05) is 34.1 Å². The highest BCUT2D eigenvalue weighted by atomic mass is 79.9. The number of carbonyl (C=O) groups is 2. The molecule has 0 bridgehead atoms. The number of aryl methyl sites for hydroxylation is 2. The van der Waals surface area contributed by atoms with E-state index < -0.39 is 5.97 Å². The van der Waals surface area contributed by atoms with Gasteiger partial charge < -0.3 is 14.8 Å². The van der Waals surface area contributed by atoms with Crippen LogP contribution >= 0.6 is 15.9 Å². The molecule has 0 aliphatic heterocycles. The summed E-state index contributed by atoms with van der Waals surface area (Å²) in [5.74, 6) is -0.0524. The Kier molecular flexibility index (Phi) is 7.01. The van der Waals surface area contributed by atoms with Gasteiger partial charge in [-0.25, -0.2) is 0 Å². The maximum atomic E-state index is 11.9. The van der Waals surface area contributed by atoms with Crippen LogP contribution in [0, 0.1) is 6.92 Å². The Bertz CT molecular complexity index is 761. The number of benzene rings is 2. The Morgan fingerprint density at radius 2 is 1.92 bits per heavy atom. The number of rotatable bonds is 7. The predicted octanol–water partition coefficient (Wildman–Crippen LogP) is 3.88. The van der Waals surface area contributed by atoms with Crippen molar-refractivity contribution in [1.29, 1.82) is 0 Å². The van der Waals surface area contributed by atoms with E-state index in [1.165, 1.54) is 0 Å². The van der Waals surface area contributed by atoms with E-state index in [1.807, 2.05) is 43.3 Å². The number of hydrogen-bond acceptors (Lipinski definition) is 4. The third kappa shape index (κ3) is 5.90. The fourth-order valence-electron chi connectivity index (χ4n) is 2.32. The lowest BCUT2D eigenvalue weighted by atomic mass is 10.1. The number of anilines is 1. The Labute approximate surface area is 155 Å². The largest absolute Gasteiger partial charge is 0.496 e. The van der Waals surface area contributed by atoms with E-state index in [4.69, 9.17) is 9.47 Å². The molecule has 0 unspecified atom stereocenters. The Balaban J connectivity index is 1.78. The molecule has 0 fully saturated rings. The van der Waals surface area contributed by atoms with Gasteiger partial charge in [0.1, 0.15) is 5.75 Å². The predicted molar refractivity (Wildman–Crippen MR) is 99.8 cm³/mol. The van der Waals surface area contributed by atoms with Crippen LogP contribution in [0.4, 0.5) is 5.69 Å². The summed E-state index contributed by atoms with van der Waals surface area (Å²) in [7, 11) is 1.59. The van der Waals surface area contributed by atoms with E-state index in [0.29, 0.717) is 12.1 Å². The molecule has 0 radical (unpaired) electrons. The Morgan fingerprint density at radius 3 is 2.64 bits per heavy atom. The summed E-state index contributed by atoms with van der Waals surface area (Å²) in [6.45, 7) is 1.58. The van der Waals surface area contributed by atoms with Crippen LogP contribution in [0.15, 0.2) is 46.9 Å². The summed E-state index contributed by atoms with van der Waals surface area (Å²) in [6.07, 6.45) is 0.682. The van der Waals surface area contributed by atoms with Crippen LogP contribution < -0.4 is 10.1 Å². The highest BCUT2D eigenvalue weighted by Gasteiger charge is 2.11. The van der Waals surface area contributed by atoms with E-state index in [1.54, 1.807) is 13.2 Å². The molecule has 5 nitrogen and oxygen atoms in total. The lowest BCUT2D eigenvalue weighted by molar-refractivity contribution is -0.147. The van der Waals surface area contributed by atoms with Gasteiger partial charge in [0.05, 0.1) is 7.11 Å². The number of nitrogens with one attached hydrogen (secondary N) is 1. The first-order valence-corrected chi connectivity index (χ1v) is 8.62. The van der Waals surface area contributed by atoms with Crippen molar-refractivity contribution in [3.05, 3.63) is 58.1 Å². The van der Waals surface area contributed by atoms with Gasteiger partial charge in [0.2, 0.25) is 0 Å². The monoisotopic (exact) mass is 405 g/mol. The van der Waals surface area contributed by atoms with Gasteiger partial charge in [0.25, 0.3) is 5.91 Å². The Hall–Kier alpha value is -2.34. The smallest absolute Gasteiger partial charge is 0.306 e. The number of hydrogen-bond donors (Lipinski definition) is 1. The highest BCUT2D eigenvalue weighted by molar-refractivity contribution is 9.10. The van der Waals surface area contributed by atoms with Crippen LogP contribution in [-0.2, 0) is 20.7 Å². The number of para-hydroxylation sites is 1. The number of halogens is 1. The van der Waals surface area contributed by atoms with E-state index >= 15 is 0 Å². The quantitative estimate of drug-likeness (QED) is 0.709. The van der Waals surface area contributed by atoms with Gasteiger partial charge in [-0.3, -0.25) is 9.59 Å². The van der Waals surface area contributed by atoms with E-state index in [-0.39, 0.29) is 18.9 Å². The molecule has 0 aliphatic carbocycles. The second kappa shape index (κ2) is 9.22. The van der Waals surface area contributed by atoms with E-state index in [2.05, 4.69) is 21.2 Å².